The van der Waals surface area contributed by atoms with Crippen LogP contribution in [0.4, 0.5) is 8.78 Å². The molecule has 0 aliphatic carbocycles. The highest BCUT2D eigenvalue weighted by Gasteiger charge is 2.11. The molecular formula is C10H10F2O3S. The van der Waals surface area contributed by atoms with Gasteiger partial charge in [0.1, 0.15) is 0 Å². The van der Waals surface area contributed by atoms with Crippen molar-refractivity contribution in [1.82, 2.24) is 0 Å². The van der Waals surface area contributed by atoms with Gasteiger partial charge in [0.15, 0.2) is 0 Å². The van der Waals surface area contributed by atoms with Gasteiger partial charge in [-0.2, -0.15) is 0 Å². The van der Waals surface area contributed by atoms with Gasteiger partial charge < -0.3 is 5.11 Å². The number of carboxylic acid groups (broad SMARTS) is 1. The van der Waals surface area contributed by atoms with Gasteiger partial charge in [-0.15, -0.1) is 0 Å². The van der Waals surface area contributed by atoms with Crippen LogP contribution in [0.3, 0.4) is 0 Å². The van der Waals surface area contributed by atoms with E-state index in [1.165, 1.54) is 24.3 Å². The number of rotatable bonds is 5. The van der Waals surface area contributed by atoms with Crippen LogP contribution in [0.15, 0.2) is 29.2 Å². The van der Waals surface area contributed by atoms with Crippen LogP contribution < -0.4 is 0 Å². The third-order valence-corrected chi connectivity index (χ3v) is 3.17. The van der Waals surface area contributed by atoms with E-state index in [0.29, 0.717) is 5.56 Å². The minimum absolute atomic E-state index is 0.137. The summed E-state index contributed by atoms with van der Waals surface area (Å²) in [5, 5.41) is 8.51. The molecule has 1 aromatic carbocycles. The molecule has 88 valence electrons. The van der Waals surface area contributed by atoms with Gasteiger partial charge in [-0.3, -0.25) is 9.00 Å². The van der Waals surface area contributed by atoms with Crippen LogP contribution in [0.5, 0.6) is 0 Å². The van der Waals surface area contributed by atoms with Gasteiger partial charge in [0, 0.05) is 4.90 Å². The molecule has 0 fully saturated rings. The number of hydrogen-bond acceptors (Lipinski definition) is 2. The first-order valence-corrected chi connectivity index (χ1v) is 5.78. The summed E-state index contributed by atoms with van der Waals surface area (Å²) in [5.74, 6) is -1.67. The highest BCUT2D eigenvalue weighted by Crippen LogP contribution is 2.11. The lowest BCUT2D eigenvalue weighted by atomic mass is 10.2. The van der Waals surface area contributed by atoms with E-state index >= 15 is 0 Å². The minimum atomic E-state index is -2.61. The molecule has 0 heterocycles. The second-order valence-corrected chi connectivity index (χ2v) is 4.61. The van der Waals surface area contributed by atoms with Gasteiger partial charge >= 0.3 is 5.97 Å². The molecule has 3 nitrogen and oxygen atoms in total. The zero-order valence-corrected chi connectivity index (χ0v) is 9.05. The zero-order chi connectivity index (χ0) is 12.1. The highest BCUT2D eigenvalue weighted by atomic mass is 32.2. The van der Waals surface area contributed by atoms with Crippen molar-refractivity contribution in [2.75, 3.05) is 5.75 Å². The molecular weight excluding hydrogens is 238 g/mol. The number of benzene rings is 1. The summed E-state index contributed by atoms with van der Waals surface area (Å²) in [6.45, 7) is 0. The predicted molar refractivity (Wildman–Crippen MR) is 55.1 cm³/mol. The Hall–Kier alpha value is -1.30. The van der Waals surface area contributed by atoms with Crippen LogP contribution >= 0.6 is 0 Å². The second-order valence-electron chi connectivity index (χ2n) is 3.12. The van der Waals surface area contributed by atoms with Crippen molar-refractivity contribution in [3.8, 4) is 0 Å². The summed E-state index contributed by atoms with van der Waals surface area (Å²) in [4.78, 5) is 10.7. The first-order valence-electron chi connectivity index (χ1n) is 4.46. The maximum atomic E-state index is 12.0. The van der Waals surface area contributed by atoms with E-state index in [0.717, 1.165) is 0 Å². The van der Waals surface area contributed by atoms with Crippen LogP contribution in [0.1, 0.15) is 5.56 Å². The van der Waals surface area contributed by atoms with E-state index in [1.807, 2.05) is 0 Å². The molecule has 6 heteroatoms. The molecule has 0 unspecified atom stereocenters. The van der Waals surface area contributed by atoms with E-state index in [-0.39, 0.29) is 11.3 Å². The molecule has 0 spiro atoms. The van der Waals surface area contributed by atoms with Crippen molar-refractivity contribution in [2.24, 2.45) is 0 Å². The van der Waals surface area contributed by atoms with Gasteiger partial charge in [0.25, 0.3) is 0 Å². The summed E-state index contributed by atoms with van der Waals surface area (Å²) in [6, 6.07) is 5.78. The SMILES string of the molecule is O=C(O)Cc1ccc([S@](=O)CC(F)F)cc1. The van der Waals surface area contributed by atoms with Crippen molar-refractivity contribution in [3.63, 3.8) is 0 Å². The average molecular weight is 248 g/mol. The van der Waals surface area contributed by atoms with Crippen LogP contribution in [0, 0.1) is 0 Å². The fourth-order valence-corrected chi connectivity index (χ4v) is 2.01. The first-order chi connectivity index (χ1) is 7.49. The Bertz CT molecular complexity index is 390. The quantitative estimate of drug-likeness (QED) is 0.862. The molecule has 1 aromatic rings. The lowest BCUT2D eigenvalue weighted by molar-refractivity contribution is -0.136. The molecule has 0 aliphatic heterocycles. The fourth-order valence-electron chi connectivity index (χ4n) is 1.14. The number of carbonyl (C=O) groups is 1. The molecule has 0 saturated heterocycles. The third-order valence-electron chi connectivity index (χ3n) is 1.82. The van der Waals surface area contributed by atoms with Crippen molar-refractivity contribution >= 4 is 16.8 Å². The summed E-state index contributed by atoms with van der Waals surface area (Å²) in [7, 11) is -1.73. The lowest BCUT2D eigenvalue weighted by Gasteiger charge is -2.02. The molecule has 0 aromatic heterocycles. The molecule has 0 radical (unpaired) electrons. The lowest BCUT2D eigenvalue weighted by Crippen LogP contribution is -2.07. The molecule has 1 N–H and O–H groups in total. The fraction of sp³-hybridized carbons (Fsp3) is 0.300. The minimum Gasteiger partial charge on any atom is -0.481 e. The van der Waals surface area contributed by atoms with E-state index < -0.39 is 28.9 Å². The largest absolute Gasteiger partial charge is 0.481 e. The van der Waals surface area contributed by atoms with Crippen molar-refractivity contribution < 1.29 is 22.9 Å². The van der Waals surface area contributed by atoms with Crippen LogP contribution in [0.25, 0.3) is 0 Å². The number of carboxylic acids is 1. The summed E-state index contributed by atoms with van der Waals surface area (Å²) >= 11 is 0. The standard InChI is InChI=1S/C10H10F2O3S/c11-9(12)6-16(15)8-3-1-7(2-4-8)5-10(13)14/h1-4,9H,5-6H2,(H,13,14)/t16-/m1/s1. The Labute approximate surface area is 93.6 Å². The predicted octanol–water partition coefficient (Wildman–Crippen LogP) is 1.69. The highest BCUT2D eigenvalue weighted by molar-refractivity contribution is 7.85. The number of aliphatic carboxylic acids is 1. The summed E-state index contributed by atoms with van der Waals surface area (Å²) < 4.78 is 35.2. The van der Waals surface area contributed by atoms with Gasteiger partial charge in [0.2, 0.25) is 6.43 Å². The topological polar surface area (TPSA) is 54.4 Å². The van der Waals surface area contributed by atoms with Gasteiger partial charge in [0.05, 0.1) is 23.0 Å². The molecule has 1 rings (SSSR count). The Morgan fingerprint density at radius 1 is 1.31 bits per heavy atom. The Balaban J connectivity index is 2.71. The molecule has 0 aliphatic rings. The number of alkyl halides is 2. The van der Waals surface area contributed by atoms with Crippen LogP contribution in [-0.2, 0) is 22.0 Å². The first kappa shape index (κ1) is 12.8. The maximum Gasteiger partial charge on any atom is 0.307 e. The monoisotopic (exact) mass is 248 g/mol. The molecule has 0 bridgehead atoms. The van der Waals surface area contributed by atoms with Crippen molar-refractivity contribution in [1.29, 1.82) is 0 Å². The van der Waals surface area contributed by atoms with Crippen LogP contribution in [-0.4, -0.2) is 27.5 Å². The van der Waals surface area contributed by atoms with Gasteiger partial charge in [-0.05, 0) is 17.7 Å². The maximum absolute atomic E-state index is 12.0. The Morgan fingerprint density at radius 2 is 1.88 bits per heavy atom. The number of halogens is 2. The van der Waals surface area contributed by atoms with Crippen LogP contribution in [0.2, 0.25) is 0 Å². The average Bonchev–Trinajstić information content (AvgIpc) is 2.16. The number of hydrogen-bond donors (Lipinski definition) is 1. The zero-order valence-electron chi connectivity index (χ0n) is 8.23. The van der Waals surface area contributed by atoms with E-state index in [2.05, 4.69) is 0 Å². The van der Waals surface area contributed by atoms with E-state index in [4.69, 9.17) is 5.11 Å². The summed E-state index contributed by atoms with van der Waals surface area (Å²) in [5.41, 5.74) is 0.547. The second kappa shape index (κ2) is 5.69. The van der Waals surface area contributed by atoms with E-state index in [1.54, 1.807) is 0 Å². The normalized spacial score (nSPS) is 12.7. The molecule has 0 saturated carbocycles. The third kappa shape index (κ3) is 4.06. The Kier molecular flexibility index (Phi) is 4.54. The van der Waals surface area contributed by atoms with E-state index in [9.17, 15) is 17.8 Å². The van der Waals surface area contributed by atoms with Gasteiger partial charge in [-0.1, -0.05) is 12.1 Å². The smallest absolute Gasteiger partial charge is 0.307 e. The van der Waals surface area contributed by atoms with Gasteiger partial charge in [-0.25, -0.2) is 8.78 Å². The molecule has 16 heavy (non-hydrogen) atoms. The van der Waals surface area contributed by atoms with Crippen molar-refractivity contribution in [3.05, 3.63) is 29.8 Å². The Morgan fingerprint density at radius 3 is 2.31 bits per heavy atom. The van der Waals surface area contributed by atoms with Crippen molar-refractivity contribution in [2.45, 2.75) is 17.7 Å². The molecule has 0 amide bonds. The molecule has 1 atom stereocenters. The summed E-state index contributed by atoms with van der Waals surface area (Å²) in [6.07, 6.45) is -2.75.